The van der Waals surface area contributed by atoms with E-state index in [4.69, 9.17) is 0 Å². The normalized spacial score (nSPS) is 13.9. The molecule has 0 radical (unpaired) electrons. The van der Waals surface area contributed by atoms with Crippen LogP contribution in [-0.4, -0.2) is 4.98 Å². The van der Waals surface area contributed by atoms with Crippen molar-refractivity contribution in [1.29, 1.82) is 0 Å². The first-order valence-electron chi connectivity index (χ1n) is 6.82. The van der Waals surface area contributed by atoms with Gasteiger partial charge >= 0.3 is 0 Å². The van der Waals surface area contributed by atoms with Crippen LogP contribution in [0.25, 0.3) is 22.3 Å². The maximum absolute atomic E-state index is 3.67. The molecule has 0 atom stereocenters. The second kappa shape index (κ2) is 3.18. The molecule has 1 aromatic heterocycles. The van der Waals surface area contributed by atoms with Crippen molar-refractivity contribution in [2.75, 3.05) is 0 Å². The first-order valence-corrected chi connectivity index (χ1v) is 6.82. The van der Waals surface area contributed by atoms with Crippen LogP contribution in [0.1, 0.15) is 22.5 Å². The first kappa shape index (κ1) is 9.62. The van der Waals surface area contributed by atoms with Gasteiger partial charge < -0.3 is 4.98 Å². The lowest BCUT2D eigenvalue weighted by atomic mass is 9.99. The SMILES string of the molecule is c1ccc2c(c1)Cc1[nH]c3c(c1-2)-c1ccccc1C3. The average Bonchev–Trinajstić information content (AvgIpc) is 3.04. The van der Waals surface area contributed by atoms with Crippen LogP contribution in [0.5, 0.6) is 0 Å². The lowest BCUT2D eigenvalue weighted by molar-refractivity contribution is 1.07. The largest absolute Gasteiger partial charge is 0.361 e. The third-order valence-corrected chi connectivity index (χ3v) is 4.46. The summed E-state index contributed by atoms with van der Waals surface area (Å²) in [5.74, 6) is 0. The summed E-state index contributed by atoms with van der Waals surface area (Å²) < 4.78 is 0. The Bertz CT molecular complexity index is 755. The molecule has 90 valence electrons. The van der Waals surface area contributed by atoms with E-state index in [1.807, 2.05) is 0 Å². The van der Waals surface area contributed by atoms with Gasteiger partial charge in [0.2, 0.25) is 0 Å². The van der Waals surface area contributed by atoms with Gasteiger partial charge in [0.25, 0.3) is 0 Å². The zero-order chi connectivity index (χ0) is 12.4. The summed E-state index contributed by atoms with van der Waals surface area (Å²) in [5.41, 5.74) is 11.5. The molecule has 2 aliphatic carbocycles. The van der Waals surface area contributed by atoms with E-state index >= 15 is 0 Å². The molecule has 0 fully saturated rings. The highest BCUT2D eigenvalue weighted by atomic mass is 14.8. The molecule has 1 nitrogen and oxygen atoms in total. The van der Waals surface area contributed by atoms with Gasteiger partial charge in [-0.2, -0.15) is 0 Å². The molecule has 0 unspecified atom stereocenters. The Kier molecular flexibility index (Phi) is 1.61. The van der Waals surface area contributed by atoms with Crippen molar-refractivity contribution in [3.05, 3.63) is 71.0 Å². The van der Waals surface area contributed by atoms with Crippen LogP contribution >= 0.6 is 0 Å². The highest BCUT2D eigenvalue weighted by Gasteiger charge is 2.30. The fourth-order valence-electron chi connectivity index (χ4n) is 3.69. The average molecular weight is 243 g/mol. The Balaban J connectivity index is 1.86. The Labute approximate surface area is 111 Å². The van der Waals surface area contributed by atoms with Gasteiger partial charge in [-0.15, -0.1) is 0 Å². The number of nitrogens with one attached hydrogen (secondary N) is 1. The minimum absolute atomic E-state index is 1.06. The van der Waals surface area contributed by atoms with Crippen molar-refractivity contribution < 1.29 is 0 Å². The van der Waals surface area contributed by atoms with Crippen molar-refractivity contribution in [1.82, 2.24) is 4.98 Å². The fourth-order valence-corrected chi connectivity index (χ4v) is 3.69. The summed E-state index contributed by atoms with van der Waals surface area (Å²) in [7, 11) is 0. The van der Waals surface area contributed by atoms with Gasteiger partial charge in [-0.1, -0.05) is 48.5 Å². The molecule has 1 heteroatoms. The molecule has 19 heavy (non-hydrogen) atoms. The molecule has 0 saturated heterocycles. The van der Waals surface area contributed by atoms with E-state index in [1.165, 1.54) is 44.8 Å². The molecule has 5 rings (SSSR count). The summed E-state index contributed by atoms with van der Waals surface area (Å²) in [4.78, 5) is 3.67. The smallest absolute Gasteiger partial charge is 0.0280 e. The van der Waals surface area contributed by atoms with E-state index in [-0.39, 0.29) is 0 Å². The predicted molar refractivity (Wildman–Crippen MR) is 77.3 cm³/mol. The van der Waals surface area contributed by atoms with Crippen LogP contribution in [0.15, 0.2) is 48.5 Å². The van der Waals surface area contributed by atoms with Crippen LogP contribution in [0, 0.1) is 0 Å². The topological polar surface area (TPSA) is 15.8 Å². The number of aromatic nitrogens is 1. The molecular weight excluding hydrogens is 230 g/mol. The summed E-state index contributed by atoms with van der Waals surface area (Å²) >= 11 is 0. The molecule has 1 N–H and O–H groups in total. The second-order valence-corrected chi connectivity index (χ2v) is 5.50. The minimum Gasteiger partial charge on any atom is -0.361 e. The zero-order valence-corrected chi connectivity index (χ0v) is 10.5. The summed E-state index contributed by atoms with van der Waals surface area (Å²) in [5, 5.41) is 0. The van der Waals surface area contributed by atoms with Crippen LogP contribution in [0.3, 0.4) is 0 Å². The zero-order valence-electron chi connectivity index (χ0n) is 10.5. The van der Waals surface area contributed by atoms with E-state index in [2.05, 4.69) is 53.5 Å². The van der Waals surface area contributed by atoms with Crippen molar-refractivity contribution in [2.24, 2.45) is 0 Å². The van der Waals surface area contributed by atoms with Crippen molar-refractivity contribution in [3.63, 3.8) is 0 Å². The Hall–Kier alpha value is -2.28. The second-order valence-electron chi connectivity index (χ2n) is 5.50. The van der Waals surface area contributed by atoms with Gasteiger partial charge in [0.1, 0.15) is 0 Å². The Morgan fingerprint density at radius 2 is 1.11 bits per heavy atom. The maximum Gasteiger partial charge on any atom is 0.0280 e. The number of hydrogen-bond donors (Lipinski definition) is 1. The monoisotopic (exact) mass is 243 g/mol. The molecule has 0 amide bonds. The van der Waals surface area contributed by atoms with Crippen LogP contribution in [-0.2, 0) is 12.8 Å². The molecule has 1 heterocycles. The third-order valence-electron chi connectivity index (χ3n) is 4.46. The third kappa shape index (κ3) is 1.11. The quantitative estimate of drug-likeness (QED) is 0.420. The van der Waals surface area contributed by atoms with Crippen molar-refractivity contribution in [3.8, 4) is 22.3 Å². The fraction of sp³-hybridized carbons (Fsp3) is 0.111. The highest BCUT2D eigenvalue weighted by Crippen LogP contribution is 2.49. The van der Waals surface area contributed by atoms with E-state index in [9.17, 15) is 0 Å². The molecule has 3 aromatic rings. The molecule has 0 aliphatic heterocycles. The number of benzene rings is 2. The molecule has 0 saturated carbocycles. The van der Waals surface area contributed by atoms with Gasteiger partial charge in [0.15, 0.2) is 0 Å². The van der Waals surface area contributed by atoms with Crippen LogP contribution in [0.4, 0.5) is 0 Å². The van der Waals surface area contributed by atoms with Gasteiger partial charge in [-0.3, -0.25) is 0 Å². The van der Waals surface area contributed by atoms with Crippen molar-refractivity contribution in [2.45, 2.75) is 12.8 Å². The standard InChI is InChI=1S/C18H13N/c1-3-7-13-11(5-1)9-15-17(13)18-14-8-4-2-6-12(14)10-16(18)19-15/h1-8,19H,9-10H2. The number of fused-ring (bicyclic) bond motifs is 7. The van der Waals surface area contributed by atoms with Crippen LogP contribution < -0.4 is 0 Å². The molecular formula is C18H13N. The van der Waals surface area contributed by atoms with Gasteiger partial charge in [0.05, 0.1) is 0 Å². The van der Waals surface area contributed by atoms with Gasteiger partial charge in [-0.25, -0.2) is 0 Å². The van der Waals surface area contributed by atoms with E-state index in [0.29, 0.717) is 0 Å². The van der Waals surface area contributed by atoms with Crippen LogP contribution in [0.2, 0.25) is 0 Å². The lowest BCUT2D eigenvalue weighted by Crippen LogP contribution is -1.86. The van der Waals surface area contributed by atoms with E-state index < -0.39 is 0 Å². The predicted octanol–water partition coefficient (Wildman–Crippen LogP) is 4.16. The summed E-state index contributed by atoms with van der Waals surface area (Å²) in [6.07, 6.45) is 2.11. The van der Waals surface area contributed by atoms with E-state index in [1.54, 1.807) is 0 Å². The first-order chi connectivity index (χ1) is 9.42. The molecule has 2 aromatic carbocycles. The highest BCUT2D eigenvalue weighted by molar-refractivity contribution is 5.94. The maximum atomic E-state index is 3.67. The Morgan fingerprint density at radius 1 is 0.632 bits per heavy atom. The number of H-pyrrole nitrogens is 1. The van der Waals surface area contributed by atoms with E-state index in [0.717, 1.165) is 12.8 Å². The van der Waals surface area contributed by atoms with Crippen molar-refractivity contribution >= 4 is 0 Å². The molecule has 0 bridgehead atoms. The minimum atomic E-state index is 1.06. The number of rotatable bonds is 0. The lowest BCUT2D eigenvalue weighted by Gasteiger charge is -2.03. The van der Waals surface area contributed by atoms with Gasteiger partial charge in [-0.05, 0) is 22.3 Å². The molecule has 2 aliphatic rings. The van der Waals surface area contributed by atoms with Gasteiger partial charge in [0, 0.05) is 35.4 Å². The summed E-state index contributed by atoms with van der Waals surface area (Å²) in [6.45, 7) is 0. The Morgan fingerprint density at radius 3 is 1.63 bits per heavy atom. The molecule has 0 spiro atoms. The number of hydrogen-bond acceptors (Lipinski definition) is 0. The summed E-state index contributed by atoms with van der Waals surface area (Å²) in [6, 6.07) is 17.6. The number of aromatic amines is 1.